The van der Waals surface area contributed by atoms with Crippen LogP contribution in [0.4, 0.5) is 0 Å². The van der Waals surface area contributed by atoms with Crippen LogP contribution < -0.4 is 0 Å². The largest absolute Gasteiger partial charge is 0.462 e. The molecule has 0 aliphatic carbocycles. The zero-order valence-electron chi connectivity index (χ0n) is 54.7. The van der Waals surface area contributed by atoms with Gasteiger partial charge in [0.15, 0.2) is 6.10 Å². The smallest absolute Gasteiger partial charge is 0.306 e. The molecule has 0 aliphatic rings. The number of esters is 3. The van der Waals surface area contributed by atoms with Gasteiger partial charge in [-0.25, -0.2) is 0 Å². The maximum atomic E-state index is 12.9. The highest BCUT2D eigenvalue weighted by atomic mass is 16.6. The SMILES string of the molecule is CC/C=C\C/C=C\C/C=C\C/C=C\CCCCCCCCCCCCCCCCCCCCCCCCC(=O)OCC(COC(=O)CCCCCCC/C=C\C/C=C\CCC)OC(=O)CCCCCCCCC/C=C\C/C=C\C/C=C\CC. The summed E-state index contributed by atoms with van der Waals surface area (Å²) in [5.74, 6) is -0.895. The molecule has 0 fully saturated rings. The maximum Gasteiger partial charge on any atom is 0.306 e. The van der Waals surface area contributed by atoms with Crippen molar-refractivity contribution in [3.63, 3.8) is 0 Å². The number of carbonyl (C=O) groups is 3. The van der Waals surface area contributed by atoms with Gasteiger partial charge < -0.3 is 14.2 Å². The van der Waals surface area contributed by atoms with Gasteiger partial charge in [0.25, 0.3) is 0 Å². The summed E-state index contributed by atoms with van der Waals surface area (Å²) < 4.78 is 16.9. The third kappa shape index (κ3) is 68.7. The number of hydrogen-bond acceptors (Lipinski definition) is 6. The van der Waals surface area contributed by atoms with Crippen molar-refractivity contribution < 1.29 is 28.6 Å². The number of hydrogen-bond donors (Lipinski definition) is 0. The summed E-state index contributed by atoms with van der Waals surface area (Å²) >= 11 is 0. The fourth-order valence-corrected chi connectivity index (χ4v) is 10.0. The van der Waals surface area contributed by atoms with Gasteiger partial charge in [-0.3, -0.25) is 14.4 Å². The highest BCUT2D eigenvalue weighted by molar-refractivity contribution is 5.71. The second-order valence-electron chi connectivity index (χ2n) is 23.4. The number of ether oxygens (including phenoxy) is 3. The predicted molar refractivity (Wildman–Crippen MR) is 362 cm³/mol. The summed E-state index contributed by atoms with van der Waals surface area (Å²) in [6.45, 7) is 6.37. The fourth-order valence-electron chi connectivity index (χ4n) is 10.0. The van der Waals surface area contributed by atoms with Gasteiger partial charge in [0.1, 0.15) is 13.2 Å². The van der Waals surface area contributed by atoms with Gasteiger partial charge in [0.05, 0.1) is 0 Å². The molecule has 0 rings (SSSR count). The first-order valence-electron chi connectivity index (χ1n) is 35.4. The molecule has 0 heterocycles. The molecular weight excluding hydrogens is 1020 g/mol. The third-order valence-corrected chi connectivity index (χ3v) is 15.2. The molecule has 0 bridgehead atoms. The Labute approximate surface area is 514 Å². The van der Waals surface area contributed by atoms with E-state index in [0.29, 0.717) is 19.3 Å². The Hall–Kier alpha value is -3.93. The summed E-state index contributed by atoms with van der Waals surface area (Å²) in [5.41, 5.74) is 0. The van der Waals surface area contributed by atoms with Crippen molar-refractivity contribution in [3.05, 3.63) is 109 Å². The standard InChI is InChI=1S/C77H132O6/c1-4-7-10-13-16-19-22-25-27-29-30-31-32-33-34-35-36-37-38-39-40-41-42-43-44-45-46-48-49-52-55-58-61-64-67-70-76(79)82-73-74(72-81-75(78)69-66-63-60-57-54-51-24-21-18-15-12-9-6-3)83-77(80)71-68-65-62-59-56-53-50-47-28-26-23-20-17-14-11-8-5-2/h7-8,10-12,15-17,19-21,24-28,30-31,74H,4-6,9,13-14,18,22-23,29,32-73H2,1-3H3/b10-7-,11-8-,15-12-,19-16-,20-17-,24-21-,27-25-,28-26-,31-30-. The number of rotatable bonds is 64. The normalized spacial score (nSPS) is 12.8. The number of unbranched alkanes of at least 4 members (excludes halogenated alkanes) is 35. The molecule has 0 aromatic carbocycles. The lowest BCUT2D eigenvalue weighted by molar-refractivity contribution is -0.167. The first-order valence-corrected chi connectivity index (χ1v) is 35.4. The molecule has 0 aromatic heterocycles. The van der Waals surface area contributed by atoms with Crippen molar-refractivity contribution in [2.24, 2.45) is 0 Å². The minimum absolute atomic E-state index is 0.0836. The molecule has 6 nitrogen and oxygen atoms in total. The minimum atomic E-state index is -0.789. The van der Waals surface area contributed by atoms with Crippen LogP contribution >= 0.6 is 0 Å². The van der Waals surface area contributed by atoms with E-state index in [4.69, 9.17) is 14.2 Å². The van der Waals surface area contributed by atoms with Crippen molar-refractivity contribution in [3.8, 4) is 0 Å². The Morgan fingerprint density at radius 2 is 0.470 bits per heavy atom. The van der Waals surface area contributed by atoms with Crippen molar-refractivity contribution in [2.75, 3.05) is 13.2 Å². The quantitative estimate of drug-likeness (QED) is 0.0261. The lowest BCUT2D eigenvalue weighted by Gasteiger charge is -2.18. The molecule has 0 spiro atoms. The van der Waals surface area contributed by atoms with Gasteiger partial charge >= 0.3 is 17.9 Å². The Kier molecular flexibility index (Phi) is 67.2. The van der Waals surface area contributed by atoms with Crippen LogP contribution in [0.25, 0.3) is 0 Å². The molecule has 0 aliphatic heterocycles. The average molecular weight is 1150 g/mol. The Morgan fingerprint density at radius 3 is 0.735 bits per heavy atom. The summed E-state index contributed by atoms with van der Waals surface area (Å²) in [6, 6.07) is 0. The van der Waals surface area contributed by atoms with Crippen molar-refractivity contribution in [2.45, 2.75) is 348 Å². The second-order valence-corrected chi connectivity index (χ2v) is 23.4. The van der Waals surface area contributed by atoms with E-state index in [-0.39, 0.29) is 31.1 Å². The molecule has 0 radical (unpaired) electrons. The van der Waals surface area contributed by atoms with Crippen LogP contribution in [0.5, 0.6) is 0 Å². The van der Waals surface area contributed by atoms with Crippen molar-refractivity contribution in [1.29, 1.82) is 0 Å². The van der Waals surface area contributed by atoms with E-state index in [9.17, 15) is 14.4 Å². The molecule has 0 aromatic rings. The maximum absolute atomic E-state index is 12.9. The van der Waals surface area contributed by atoms with E-state index in [0.717, 1.165) is 141 Å². The van der Waals surface area contributed by atoms with Crippen LogP contribution in [0.1, 0.15) is 342 Å². The Bertz CT molecular complexity index is 1660. The summed E-state index contributed by atoms with van der Waals surface area (Å²) in [7, 11) is 0. The molecule has 0 saturated carbocycles. The van der Waals surface area contributed by atoms with E-state index < -0.39 is 6.10 Å². The summed E-state index contributed by atoms with van der Waals surface area (Å²) in [6.07, 6.45) is 97.1. The van der Waals surface area contributed by atoms with Gasteiger partial charge in [-0.15, -0.1) is 0 Å². The van der Waals surface area contributed by atoms with Gasteiger partial charge in [-0.1, -0.05) is 316 Å². The molecule has 0 saturated heterocycles. The number of carbonyl (C=O) groups excluding carboxylic acids is 3. The molecule has 83 heavy (non-hydrogen) atoms. The van der Waals surface area contributed by atoms with Gasteiger partial charge in [-0.2, -0.15) is 0 Å². The van der Waals surface area contributed by atoms with Crippen LogP contribution in [0.3, 0.4) is 0 Å². The highest BCUT2D eigenvalue weighted by Crippen LogP contribution is 2.18. The Morgan fingerprint density at radius 1 is 0.253 bits per heavy atom. The predicted octanol–water partition coefficient (Wildman–Crippen LogP) is 24.6. The van der Waals surface area contributed by atoms with E-state index in [1.54, 1.807) is 0 Å². The minimum Gasteiger partial charge on any atom is -0.462 e. The Balaban J connectivity index is 4.13. The molecule has 0 amide bonds. The molecule has 0 N–H and O–H groups in total. The van der Waals surface area contributed by atoms with Gasteiger partial charge in [0.2, 0.25) is 0 Å². The van der Waals surface area contributed by atoms with Crippen LogP contribution in [0, 0.1) is 0 Å². The third-order valence-electron chi connectivity index (χ3n) is 15.2. The van der Waals surface area contributed by atoms with E-state index in [1.807, 2.05) is 0 Å². The van der Waals surface area contributed by atoms with E-state index >= 15 is 0 Å². The number of allylic oxidation sites excluding steroid dienone is 18. The summed E-state index contributed by atoms with van der Waals surface area (Å²) in [5, 5.41) is 0. The zero-order valence-corrected chi connectivity index (χ0v) is 54.7. The van der Waals surface area contributed by atoms with Gasteiger partial charge in [-0.05, 0) is 116 Å². The van der Waals surface area contributed by atoms with Crippen molar-refractivity contribution >= 4 is 17.9 Å². The fraction of sp³-hybridized carbons (Fsp3) is 0.727. The molecular formula is C77H132O6. The highest BCUT2D eigenvalue weighted by Gasteiger charge is 2.19. The molecule has 6 heteroatoms. The molecule has 1 unspecified atom stereocenters. The molecule has 476 valence electrons. The van der Waals surface area contributed by atoms with Gasteiger partial charge in [0, 0.05) is 19.3 Å². The molecule has 1 atom stereocenters. The van der Waals surface area contributed by atoms with Crippen molar-refractivity contribution in [1.82, 2.24) is 0 Å². The monoisotopic (exact) mass is 1150 g/mol. The topological polar surface area (TPSA) is 78.9 Å². The van der Waals surface area contributed by atoms with Crippen LogP contribution in [0.15, 0.2) is 109 Å². The van der Waals surface area contributed by atoms with Crippen LogP contribution in [-0.4, -0.2) is 37.2 Å². The summed E-state index contributed by atoms with van der Waals surface area (Å²) in [4.78, 5) is 38.4. The first-order chi connectivity index (χ1) is 41.0. The van der Waals surface area contributed by atoms with Crippen LogP contribution in [0.2, 0.25) is 0 Å². The van der Waals surface area contributed by atoms with E-state index in [2.05, 4.69) is 130 Å². The van der Waals surface area contributed by atoms with E-state index in [1.165, 1.54) is 161 Å². The van der Waals surface area contributed by atoms with Crippen LogP contribution in [-0.2, 0) is 28.6 Å². The average Bonchev–Trinajstić information content (AvgIpc) is 3.49. The first kappa shape index (κ1) is 79.1. The lowest BCUT2D eigenvalue weighted by Crippen LogP contribution is -2.30. The second kappa shape index (κ2) is 70.6. The lowest BCUT2D eigenvalue weighted by atomic mass is 10.0. The zero-order chi connectivity index (χ0) is 59.9.